The second-order valence-electron chi connectivity index (χ2n) is 8.11. The molecule has 2 aromatic rings. The number of rotatable bonds is 5. The molecule has 2 aromatic carbocycles. The average Bonchev–Trinajstić information content (AvgIpc) is 3.05. The van der Waals surface area contributed by atoms with E-state index in [4.69, 9.17) is 16.3 Å². The first-order valence-corrected chi connectivity index (χ1v) is 11.3. The molecule has 0 bridgehead atoms. The number of halogens is 1. The van der Waals surface area contributed by atoms with Crippen LogP contribution in [-0.4, -0.2) is 73.1 Å². The summed E-state index contributed by atoms with van der Waals surface area (Å²) in [5, 5.41) is 12.6. The van der Waals surface area contributed by atoms with Crippen LogP contribution < -0.4 is 4.90 Å². The minimum Gasteiger partial charge on any atom is -0.378 e. The fourth-order valence-corrected chi connectivity index (χ4v) is 4.36. The van der Waals surface area contributed by atoms with Gasteiger partial charge in [0, 0.05) is 62.5 Å². The van der Waals surface area contributed by atoms with Crippen molar-refractivity contribution in [3.63, 3.8) is 0 Å². The molecular weight excluding hydrogens is 432 g/mol. The minimum absolute atomic E-state index is 0.0183. The van der Waals surface area contributed by atoms with Crippen LogP contribution in [0.3, 0.4) is 0 Å². The Morgan fingerprint density at radius 2 is 1.75 bits per heavy atom. The summed E-state index contributed by atoms with van der Waals surface area (Å²) in [6.07, 6.45) is 0.902. The number of nitro groups is 1. The maximum Gasteiger partial charge on any atom is 0.293 e. The van der Waals surface area contributed by atoms with E-state index < -0.39 is 0 Å². The third-order valence-corrected chi connectivity index (χ3v) is 6.22. The molecule has 0 spiro atoms. The minimum atomic E-state index is -0.387. The number of hydrogen-bond acceptors (Lipinski definition) is 6. The van der Waals surface area contributed by atoms with Gasteiger partial charge in [-0.3, -0.25) is 19.8 Å². The molecule has 0 atom stereocenters. The summed E-state index contributed by atoms with van der Waals surface area (Å²) in [6.45, 7) is 5.95. The summed E-state index contributed by atoms with van der Waals surface area (Å²) in [6, 6.07) is 12.7. The second kappa shape index (κ2) is 10.3. The van der Waals surface area contributed by atoms with Crippen LogP contribution in [0, 0.1) is 10.1 Å². The van der Waals surface area contributed by atoms with Gasteiger partial charge in [0.2, 0.25) is 0 Å². The summed E-state index contributed by atoms with van der Waals surface area (Å²) in [5.41, 5.74) is 2.10. The first-order valence-electron chi connectivity index (χ1n) is 10.9. The first-order chi connectivity index (χ1) is 15.5. The van der Waals surface area contributed by atoms with E-state index in [1.54, 1.807) is 17.0 Å². The highest BCUT2D eigenvalue weighted by Crippen LogP contribution is 2.31. The van der Waals surface area contributed by atoms with E-state index in [9.17, 15) is 14.9 Å². The van der Waals surface area contributed by atoms with Crippen molar-refractivity contribution in [1.82, 2.24) is 9.80 Å². The zero-order chi connectivity index (χ0) is 22.5. The molecule has 0 aliphatic carbocycles. The molecule has 0 aromatic heterocycles. The topological polar surface area (TPSA) is 79.2 Å². The lowest BCUT2D eigenvalue weighted by molar-refractivity contribution is -0.384. The normalized spacial score (nSPS) is 17.8. The van der Waals surface area contributed by atoms with Crippen molar-refractivity contribution < 1.29 is 14.5 Å². The second-order valence-corrected chi connectivity index (χ2v) is 8.54. The Morgan fingerprint density at radius 3 is 2.47 bits per heavy atom. The summed E-state index contributed by atoms with van der Waals surface area (Å²) in [7, 11) is 0. The van der Waals surface area contributed by atoms with Crippen LogP contribution >= 0.6 is 11.6 Å². The lowest BCUT2D eigenvalue weighted by Gasteiger charge is -2.27. The molecule has 32 heavy (non-hydrogen) atoms. The van der Waals surface area contributed by atoms with E-state index in [0.717, 1.165) is 37.6 Å². The number of ether oxygens (including phenoxy) is 1. The van der Waals surface area contributed by atoms with Gasteiger partial charge in [0.25, 0.3) is 11.6 Å². The van der Waals surface area contributed by atoms with Crippen LogP contribution in [0.15, 0.2) is 42.5 Å². The summed E-state index contributed by atoms with van der Waals surface area (Å²) in [4.78, 5) is 30.3. The van der Waals surface area contributed by atoms with E-state index in [1.165, 1.54) is 11.6 Å². The molecule has 0 unspecified atom stereocenters. The molecule has 2 fully saturated rings. The van der Waals surface area contributed by atoms with Crippen molar-refractivity contribution in [1.29, 1.82) is 0 Å². The summed E-state index contributed by atoms with van der Waals surface area (Å²) < 4.78 is 5.29. The Kier molecular flexibility index (Phi) is 7.24. The predicted octanol–water partition coefficient (Wildman–Crippen LogP) is 3.43. The van der Waals surface area contributed by atoms with E-state index in [-0.39, 0.29) is 16.5 Å². The molecule has 0 radical (unpaired) electrons. The SMILES string of the molecule is O=C(c1ccc(N2CCCN(Cc3ccc(Cl)cc3)CC2)c([N+](=O)[O-])c1)N1CCOCC1. The van der Waals surface area contributed by atoms with Gasteiger partial charge in [-0.25, -0.2) is 0 Å². The molecule has 4 rings (SSSR count). The van der Waals surface area contributed by atoms with Gasteiger partial charge in [0.15, 0.2) is 0 Å². The van der Waals surface area contributed by atoms with Crippen LogP contribution in [-0.2, 0) is 11.3 Å². The molecule has 8 nitrogen and oxygen atoms in total. The zero-order valence-corrected chi connectivity index (χ0v) is 18.7. The van der Waals surface area contributed by atoms with Crippen molar-refractivity contribution in [3.8, 4) is 0 Å². The quantitative estimate of drug-likeness (QED) is 0.504. The number of nitro benzene ring substituents is 1. The van der Waals surface area contributed by atoms with Gasteiger partial charge in [-0.15, -0.1) is 0 Å². The van der Waals surface area contributed by atoms with Crippen LogP contribution in [0.5, 0.6) is 0 Å². The maximum atomic E-state index is 12.8. The number of amides is 1. The van der Waals surface area contributed by atoms with E-state index in [0.29, 0.717) is 44.1 Å². The van der Waals surface area contributed by atoms with E-state index >= 15 is 0 Å². The van der Waals surface area contributed by atoms with E-state index in [1.807, 2.05) is 24.3 Å². The molecule has 2 saturated heterocycles. The number of anilines is 1. The van der Waals surface area contributed by atoms with Crippen molar-refractivity contribution >= 4 is 28.9 Å². The number of nitrogens with zero attached hydrogens (tertiary/aromatic N) is 4. The zero-order valence-electron chi connectivity index (χ0n) is 17.9. The van der Waals surface area contributed by atoms with Crippen molar-refractivity contribution in [2.24, 2.45) is 0 Å². The van der Waals surface area contributed by atoms with Gasteiger partial charge in [-0.1, -0.05) is 23.7 Å². The summed E-state index contributed by atoms with van der Waals surface area (Å²) >= 11 is 5.98. The first kappa shape index (κ1) is 22.5. The lowest BCUT2D eigenvalue weighted by atomic mass is 10.1. The third-order valence-electron chi connectivity index (χ3n) is 5.97. The lowest BCUT2D eigenvalue weighted by Crippen LogP contribution is -2.40. The number of carbonyl (C=O) groups is 1. The average molecular weight is 459 g/mol. The molecule has 2 heterocycles. The number of carbonyl (C=O) groups excluding carboxylic acids is 1. The van der Waals surface area contributed by atoms with Crippen molar-refractivity contribution in [3.05, 3.63) is 68.7 Å². The van der Waals surface area contributed by atoms with Crippen LogP contribution in [0.25, 0.3) is 0 Å². The molecule has 170 valence electrons. The van der Waals surface area contributed by atoms with Crippen molar-refractivity contribution in [2.75, 3.05) is 57.4 Å². The highest BCUT2D eigenvalue weighted by molar-refractivity contribution is 6.30. The standard InChI is InChI=1S/C23H27ClN4O4/c24-20-5-2-18(3-6-20)17-25-8-1-9-26(11-10-25)21-7-4-19(16-22(21)28(30)31)23(29)27-12-14-32-15-13-27/h2-7,16H,1,8-15,17H2. The van der Waals surface area contributed by atoms with Gasteiger partial charge in [-0.05, 0) is 36.2 Å². The van der Waals surface area contributed by atoms with Crippen LogP contribution in [0.2, 0.25) is 5.02 Å². The van der Waals surface area contributed by atoms with Gasteiger partial charge >= 0.3 is 0 Å². The molecule has 1 amide bonds. The summed E-state index contributed by atoms with van der Waals surface area (Å²) in [5.74, 6) is -0.187. The number of benzene rings is 2. The monoisotopic (exact) mass is 458 g/mol. The highest BCUT2D eigenvalue weighted by Gasteiger charge is 2.26. The Labute approximate surface area is 192 Å². The van der Waals surface area contributed by atoms with Gasteiger partial charge in [0.05, 0.1) is 18.1 Å². The molecule has 0 N–H and O–H groups in total. The smallest absolute Gasteiger partial charge is 0.293 e. The molecular formula is C23H27ClN4O4. The van der Waals surface area contributed by atoms with Crippen LogP contribution in [0.4, 0.5) is 11.4 Å². The molecule has 0 saturated carbocycles. The Bertz CT molecular complexity index is 963. The third kappa shape index (κ3) is 5.38. The largest absolute Gasteiger partial charge is 0.378 e. The van der Waals surface area contributed by atoms with Crippen molar-refractivity contribution in [2.45, 2.75) is 13.0 Å². The Balaban J connectivity index is 1.46. The molecule has 9 heteroatoms. The fourth-order valence-electron chi connectivity index (χ4n) is 4.24. The Morgan fingerprint density at radius 1 is 1.00 bits per heavy atom. The number of morpholine rings is 1. The Hall–Kier alpha value is -2.68. The van der Waals surface area contributed by atoms with Gasteiger partial charge < -0.3 is 14.5 Å². The maximum absolute atomic E-state index is 12.8. The fraction of sp³-hybridized carbons (Fsp3) is 0.435. The number of hydrogen-bond donors (Lipinski definition) is 0. The molecule has 2 aliphatic rings. The van der Waals surface area contributed by atoms with Gasteiger partial charge in [0.1, 0.15) is 5.69 Å². The highest BCUT2D eigenvalue weighted by atomic mass is 35.5. The van der Waals surface area contributed by atoms with Gasteiger partial charge in [-0.2, -0.15) is 0 Å². The van der Waals surface area contributed by atoms with E-state index in [2.05, 4.69) is 9.80 Å². The predicted molar refractivity (Wildman–Crippen MR) is 123 cm³/mol. The van der Waals surface area contributed by atoms with Crippen LogP contribution in [0.1, 0.15) is 22.3 Å². The molecule has 2 aliphatic heterocycles.